The monoisotopic (exact) mass is 456 g/mol. The van der Waals surface area contributed by atoms with Crippen LogP contribution < -0.4 is 0 Å². The number of hydrogen-bond donors (Lipinski definition) is 0. The molecule has 3 fully saturated rings. The molecule has 3 heteroatoms. The molecule has 186 valence electrons. The topological polar surface area (TPSA) is 43.4 Å². The van der Waals surface area contributed by atoms with Gasteiger partial charge in [0, 0.05) is 18.8 Å². The van der Waals surface area contributed by atoms with Crippen LogP contribution in [0.2, 0.25) is 0 Å². The SMILES string of the molecule is CCCCCCCCC(=O)O[C@H]1CC[C@@]2(C)C(=CC[C@H]3[C@@H]4CC[C@H](C(C)=O)[C@@]4(C)CC[C@@H]32)C1. The lowest BCUT2D eigenvalue weighted by Crippen LogP contribution is -2.51. The molecule has 0 heterocycles. The second-order valence-electron chi connectivity index (χ2n) is 12.4. The van der Waals surface area contributed by atoms with E-state index in [1.54, 1.807) is 5.57 Å². The van der Waals surface area contributed by atoms with Crippen molar-refractivity contribution in [3.05, 3.63) is 11.6 Å². The minimum atomic E-state index is 0.0167. The van der Waals surface area contributed by atoms with Gasteiger partial charge in [0.15, 0.2) is 0 Å². The number of rotatable bonds is 9. The van der Waals surface area contributed by atoms with Gasteiger partial charge in [-0.15, -0.1) is 0 Å². The van der Waals surface area contributed by atoms with Gasteiger partial charge in [0.25, 0.3) is 0 Å². The van der Waals surface area contributed by atoms with E-state index in [1.807, 2.05) is 6.92 Å². The van der Waals surface area contributed by atoms with Crippen molar-refractivity contribution < 1.29 is 14.3 Å². The first-order valence-corrected chi connectivity index (χ1v) is 14.2. The average molecular weight is 457 g/mol. The third-order valence-corrected chi connectivity index (χ3v) is 10.6. The van der Waals surface area contributed by atoms with Gasteiger partial charge < -0.3 is 4.74 Å². The van der Waals surface area contributed by atoms with Crippen LogP contribution in [0.1, 0.15) is 124 Å². The van der Waals surface area contributed by atoms with Crippen molar-refractivity contribution >= 4 is 11.8 Å². The summed E-state index contributed by atoms with van der Waals surface area (Å²) in [6, 6.07) is 0. The maximum Gasteiger partial charge on any atom is 0.306 e. The number of Topliss-reactive ketones (excluding diaryl/α,β-unsaturated/α-hetero) is 1. The van der Waals surface area contributed by atoms with Crippen molar-refractivity contribution in [1.29, 1.82) is 0 Å². The fourth-order valence-electron chi connectivity index (χ4n) is 8.69. The van der Waals surface area contributed by atoms with Crippen LogP contribution in [0.25, 0.3) is 0 Å². The summed E-state index contributed by atoms with van der Waals surface area (Å²) in [6.45, 7) is 8.98. The van der Waals surface area contributed by atoms with Gasteiger partial charge in [-0.2, -0.15) is 0 Å². The Labute approximate surface area is 202 Å². The molecule has 0 amide bonds. The lowest BCUT2D eigenvalue weighted by molar-refractivity contribution is -0.151. The molecular weight excluding hydrogens is 408 g/mol. The summed E-state index contributed by atoms with van der Waals surface area (Å²) < 4.78 is 5.96. The highest BCUT2D eigenvalue weighted by Gasteiger charge is 2.59. The minimum absolute atomic E-state index is 0.0167. The number of allylic oxidation sites excluding steroid dienone is 1. The van der Waals surface area contributed by atoms with Crippen LogP contribution in [0, 0.1) is 34.5 Å². The van der Waals surface area contributed by atoms with E-state index >= 15 is 0 Å². The number of carbonyl (C=O) groups is 2. The Hall–Kier alpha value is -1.12. The Morgan fingerprint density at radius 1 is 0.970 bits per heavy atom. The van der Waals surface area contributed by atoms with E-state index in [1.165, 1.54) is 51.4 Å². The molecule has 0 aliphatic heterocycles. The molecule has 0 saturated heterocycles. The molecule has 0 N–H and O–H groups in total. The summed E-state index contributed by atoms with van der Waals surface area (Å²) in [5.41, 5.74) is 2.05. The van der Waals surface area contributed by atoms with Crippen LogP contribution in [0.15, 0.2) is 11.6 Å². The third-order valence-electron chi connectivity index (χ3n) is 10.6. The zero-order valence-corrected chi connectivity index (χ0v) is 21.8. The molecule has 7 atom stereocenters. The third kappa shape index (κ3) is 4.85. The quantitative estimate of drug-likeness (QED) is 0.202. The first-order chi connectivity index (χ1) is 15.8. The predicted octanol–water partition coefficient (Wildman–Crippen LogP) is 7.82. The molecular formula is C30H48O3. The van der Waals surface area contributed by atoms with Crippen molar-refractivity contribution in [2.45, 2.75) is 130 Å². The molecule has 3 saturated carbocycles. The molecule has 4 aliphatic rings. The van der Waals surface area contributed by atoms with E-state index in [0.29, 0.717) is 18.1 Å². The number of esters is 1. The summed E-state index contributed by atoms with van der Waals surface area (Å²) in [7, 11) is 0. The molecule has 0 aromatic rings. The second-order valence-corrected chi connectivity index (χ2v) is 12.4. The van der Waals surface area contributed by atoms with Gasteiger partial charge in [0.2, 0.25) is 0 Å². The number of unbranched alkanes of at least 4 members (excludes halogenated alkanes) is 5. The first kappa shape index (κ1) is 25.0. The zero-order valence-electron chi connectivity index (χ0n) is 21.8. The van der Waals surface area contributed by atoms with E-state index in [-0.39, 0.29) is 28.8 Å². The molecule has 0 aromatic carbocycles. The predicted molar refractivity (Wildman–Crippen MR) is 134 cm³/mol. The van der Waals surface area contributed by atoms with Crippen LogP contribution in [0.5, 0.6) is 0 Å². The van der Waals surface area contributed by atoms with Crippen molar-refractivity contribution in [3.63, 3.8) is 0 Å². The van der Waals surface area contributed by atoms with Crippen molar-refractivity contribution in [3.8, 4) is 0 Å². The molecule has 0 radical (unpaired) electrons. The van der Waals surface area contributed by atoms with Crippen LogP contribution in [-0.2, 0) is 14.3 Å². The molecule has 33 heavy (non-hydrogen) atoms. The van der Waals surface area contributed by atoms with Gasteiger partial charge in [-0.25, -0.2) is 0 Å². The lowest BCUT2D eigenvalue weighted by atomic mass is 9.47. The van der Waals surface area contributed by atoms with Crippen LogP contribution in [0.3, 0.4) is 0 Å². The van der Waals surface area contributed by atoms with Crippen LogP contribution in [0.4, 0.5) is 0 Å². The Balaban J connectivity index is 1.33. The highest BCUT2D eigenvalue weighted by molar-refractivity contribution is 5.79. The van der Waals surface area contributed by atoms with Gasteiger partial charge >= 0.3 is 5.97 Å². The molecule has 0 aromatic heterocycles. The maximum atomic E-state index is 12.4. The van der Waals surface area contributed by atoms with E-state index < -0.39 is 0 Å². The van der Waals surface area contributed by atoms with Gasteiger partial charge in [-0.3, -0.25) is 9.59 Å². The van der Waals surface area contributed by atoms with Crippen molar-refractivity contribution in [2.75, 3.05) is 0 Å². The standard InChI is InChI=1S/C30H48O3/c1-5-6-7-8-9-10-11-28(32)33-23-16-18-29(3)22(20-23)12-13-24-26-15-14-25(21(2)31)30(26,4)19-17-27(24)29/h12,23-27H,5-11,13-20H2,1-4H3/t23-,24-,25+,26-,27-,29-,30+/m0/s1. The van der Waals surface area contributed by atoms with E-state index in [4.69, 9.17) is 4.74 Å². The summed E-state index contributed by atoms with van der Waals surface area (Å²) in [4.78, 5) is 24.8. The summed E-state index contributed by atoms with van der Waals surface area (Å²) in [5.74, 6) is 2.88. The highest BCUT2D eigenvalue weighted by atomic mass is 16.5. The molecule has 0 unspecified atom stereocenters. The van der Waals surface area contributed by atoms with Gasteiger partial charge in [-0.1, -0.05) is 64.5 Å². The fourth-order valence-corrected chi connectivity index (χ4v) is 8.69. The highest BCUT2D eigenvalue weighted by Crippen LogP contribution is 2.66. The largest absolute Gasteiger partial charge is 0.462 e. The number of ketones is 1. The number of ether oxygens (including phenoxy) is 1. The van der Waals surface area contributed by atoms with E-state index in [0.717, 1.165) is 50.4 Å². The Morgan fingerprint density at radius 2 is 1.73 bits per heavy atom. The summed E-state index contributed by atoms with van der Waals surface area (Å²) in [6.07, 6.45) is 19.5. The van der Waals surface area contributed by atoms with Crippen molar-refractivity contribution in [2.24, 2.45) is 34.5 Å². The molecule has 3 nitrogen and oxygen atoms in total. The second kappa shape index (κ2) is 10.2. The van der Waals surface area contributed by atoms with Gasteiger partial charge in [0.1, 0.15) is 11.9 Å². The van der Waals surface area contributed by atoms with Crippen molar-refractivity contribution in [1.82, 2.24) is 0 Å². The molecule has 4 aliphatic carbocycles. The number of hydrogen-bond acceptors (Lipinski definition) is 3. The van der Waals surface area contributed by atoms with Gasteiger partial charge in [-0.05, 0) is 86.9 Å². The van der Waals surface area contributed by atoms with E-state index in [2.05, 4.69) is 26.8 Å². The lowest BCUT2D eigenvalue weighted by Gasteiger charge is -2.58. The van der Waals surface area contributed by atoms with E-state index in [9.17, 15) is 9.59 Å². The average Bonchev–Trinajstić information content (AvgIpc) is 3.14. The Kier molecular flexibility index (Phi) is 7.76. The number of fused-ring (bicyclic) bond motifs is 5. The van der Waals surface area contributed by atoms with Crippen LogP contribution in [-0.4, -0.2) is 17.9 Å². The number of carbonyl (C=O) groups excluding carboxylic acids is 2. The Bertz CT molecular complexity index is 754. The minimum Gasteiger partial charge on any atom is -0.462 e. The summed E-state index contributed by atoms with van der Waals surface area (Å²) in [5, 5.41) is 0. The molecule has 0 bridgehead atoms. The van der Waals surface area contributed by atoms with Crippen LogP contribution >= 0.6 is 0 Å². The maximum absolute atomic E-state index is 12.4. The molecule has 4 rings (SSSR count). The van der Waals surface area contributed by atoms with Gasteiger partial charge in [0.05, 0.1) is 0 Å². The smallest absolute Gasteiger partial charge is 0.306 e. The zero-order chi connectivity index (χ0) is 23.6. The summed E-state index contributed by atoms with van der Waals surface area (Å²) >= 11 is 0. The Morgan fingerprint density at radius 3 is 2.48 bits per heavy atom. The first-order valence-electron chi connectivity index (χ1n) is 14.2. The fraction of sp³-hybridized carbons (Fsp3) is 0.867. The normalized spacial score (nSPS) is 39.8. The molecule has 0 spiro atoms.